The van der Waals surface area contributed by atoms with E-state index in [1.54, 1.807) is 23.5 Å². The maximum atomic E-state index is 6.20. The lowest BCUT2D eigenvalue weighted by Crippen LogP contribution is -2.23. The molecule has 0 saturated heterocycles. The van der Waals surface area contributed by atoms with Gasteiger partial charge in [0.2, 0.25) is 0 Å². The van der Waals surface area contributed by atoms with Gasteiger partial charge in [0.25, 0.3) is 0 Å². The number of benzene rings is 6. The van der Waals surface area contributed by atoms with Gasteiger partial charge in [0.15, 0.2) is 0 Å². The minimum Gasteiger partial charge on any atom is -0.488 e. The van der Waals surface area contributed by atoms with Crippen LogP contribution in [-0.2, 0) is 5.41 Å². The van der Waals surface area contributed by atoms with Crippen molar-refractivity contribution < 1.29 is 9.47 Å². The Morgan fingerprint density at radius 2 is 0.745 bits per heavy atom. The van der Waals surface area contributed by atoms with Crippen molar-refractivity contribution in [3.8, 4) is 28.4 Å². The van der Waals surface area contributed by atoms with Gasteiger partial charge in [0.05, 0.1) is 0 Å². The first-order valence-corrected chi connectivity index (χ1v) is 17.5. The van der Waals surface area contributed by atoms with Crippen molar-refractivity contribution >= 4 is 23.5 Å². The summed E-state index contributed by atoms with van der Waals surface area (Å²) in [6, 6.07) is 53.2. The van der Waals surface area contributed by atoms with E-state index in [0.29, 0.717) is 0 Å². The van der Waals surface area contributed by atoms with Crippen molar-refractivity contribution in [2.24, 2.45) is 0 Å². The van der Waals surface area contributed by atoms with Crippen molar-refractivity contribution in [1.29, 1.82) is 0 Å². The SMILES string of the molecule is CC(C)(C)Oc1ccc(C(C)(C)c2ccc(Oc3ccc(Sc4ccc(-c5ccc(Sc6ccccc6)cc5)cc4)cc3)cc2)cc1. The van der Waals surface area contributed by atoms with Crippen LogP contribution in [0.3, 0.4) is 0 Å². The quantitative estimate of drug-likeness (QED) is 0.146. The smallest absolute Gasteiger partial charge is 0.127 e. The van der Waals surface area contributed by atoms with Gasteiger partial charge in [-0.3, -0.25) is 0 Å². The van der Waals surface area contributed by atoms with Crippen LogP contribution in [0.1, 0.15) is 45.7 Å². The molecule has 6 aromatic carbocycles. The Kier molecular flexibility index (Phi) is 9.81. The second kappa shape index (κ2) is 14.2. The average molecular weight is 653 g/mol. The zero-order chi connectivity index (χ0) is 32.9. The predicted molar refractivity (Wildman–Crippen MR) is 198 cm³/mol. The Bertz CT molecular complexity index is 1870. The molecule has 0 heterocycles. The van der Waals surface area contributed by atoms with Crippen molar-refractivity contribution in [3.05, 3.63) is 163 Å². The summed E-state index contributed by atoms with van der Waals surface area (Å²) >= 11 is 3.53. The zero-order valence-corrected chi connectivity index (χ0v) is 29.2. The molecule has 0 fully saturated rings. The van der Waals surface area contributed by atoms with E-state index in [4.69, 9.17) is 9.47 Å². The maximum absolute atomic E-state index is 6.20. The average Bonchev–Trinajstić information content (AvgIpc) is 3.07. The van der Waals surface area contributed by atoms with Crippen LogP contribution < -0.4 is 9.47 Å². The van der Waals surface area contributed by atoms with Gasteiger partial charge < -0.3 is 9.47 Å². The van der Waals surface area contributed by atoms with Gasteiger partial charge >= 0.3 is 0 Å². The zero-order valence-electron chi connectivity index (χ0n) is 27.6. The molecule has 0 aliphatic rings. The molecule has 6 aromatic rings. The van der Waals surface area contributed by atoms with Gasteiger partial charge in [-0.1, -0.05) is 104 Å². The van der Waals surface area contributed by atoms with Crippen LogP contribution in [0, 0.1) is 0 Å². The molecule has 0 aromatic heterocycles. The first kappa shape index (κ1) is 32.6. The van der Waals surface area contributed by atoms with Crippen molar-refractivity contribution in [1.82, 2.24) is 0 Å². The van der Waals surface area contributed by atoms with Gasteiger partial charge in [-0.2, -0.15) is 0 Å². The molecule has 6 rings (SSSR count). The van der Waals surface area contributed by atoms with E-state index in [-0.39, 0.29) is 11.0 Å². The van der Waals surface area contributed by atoms with E-state index < -0.39 is 0 Å². The van der Waals surface area contributed by atoms with Crippen LogP contribution >= 0.6 is 23.5 Å². The largest absolute Gasteiger partial charge is 0.488 e. The molecule has 0 atom stereocenters. The van der Waals surface area contributed by atoms with Crippen LogP contribution in [0.5, 0.6) is 17.2 Å². The Labute approximate surface area is 288 Å². The fourth-order valence-electron chi connectivity index (χ4n) is 5.30. The lowest BCUT2D eigenvalue weighted by Gasteiger charge is -2.27. The van der Waals surface area contributed by atoms with Crippen molar-refractivity contribution in [2.75, 3.05) is 0 Å². The molecule has 2 nitrogen and oxygen atoms in total. The molecule has 0 N–H and O–H groups in total. The molecular formula is C43H40O2S2. The Morgan fingerprint density at radius 1 is 0.383 bits per heavy atom. The molecule has 0 aliphatic heterocycles. The van der Waals surface area contributed by atoms with Gasteiger partial charge in [0, 0.05) is 25.0 Å². The van der Waals surface area contributed by atoms with Crippen LogP contribution in [-0.4, -0.2) is 5.60 Å². The van der Waals surface area contributed by atoms with Crippen molar-refractivity contribution in [3.63, 3.8) is 0 Å². The summed E-state index contributed by atoms with van der Waals surface area (Å²) < 4.78 is 12.2. The first-order chi connectivity index (χ1) is 22.6. The van der Waals surface area contributed by atoms with Crippen LogP contribution in [0.25, 0.3) is 11.1 Å². The van der Waals surface area contributed by atoms with Gasteiger partial charge in [-0.25, -0.2) is 0 Å². The highest BCUT2D eigenvalue weighted by Crippen LogP contribution is 2.36. The molecule has 47 heavy (non-hydrogen) atoms. The maximum Gasteiger partial charge on any atom is 0.127 e. The first-order valence-electron chi connectivity index (χ1n) is 15.9. The summed E-state index contributed by atoms with van der Waals surface area (Å²) in [6.07, 6.45) is 0. The Balaban J connectivity index is 1.03. The molecule has 0 aliphatic carbocycles. The lowest BCUT2D eigenvalue weighted by molar-refractivity contribution is 0.131. The topological polar surface area (TPSA) is 18.5 Å². The number of ether oxygens (including phenoxy) is 2. The minimum atomic E-state index is -0.213. The summed E-state index contributed by atoms with van der Waals surface area (Å²) in [4.78, 5) is 4.86. The lowest BCUT2D eigenvalue weighted by atomic mass is 9.78. The summed E-state index contributed by atoms with van der Waals surface area (Å²) in [7, 11) is 0. The number of hydrogen-bond donors (Lipinski definition) is 0. The molecule has 0 radical (unpaired) electrons. The summed E-state index contributed by atoms with van der Waals surface area (Å²) in [5.74, 6) is 2.53. The molecule has 236 valence electrons. The molecular weight excluding hydrogens is 613 g/mol. The van der Waals surface area contributed by atoms with Crippen molar-refractivity contribution in [2.45, 2.75) is 65.2 Å². The normalized spacial score (nSPS) is 11.7. The second-order valence-electron chi connectivity index (χ2n) is 13.0. The highest BCUT2D eigenvalue weighted by Gasteiger charge is 2.23. The molecule has 0 saturated carbocycles. The van der Waals surface area contributed by atoms with Crippen LogP contribution in [0.4, 0.5) is 0 Å². The van der Waals surface area contributed by atoms with E-state index >= 15 is 0 Å². The third kappa shape index (κ3) is 8.71. The summed E-state index contributed by atoms with van der Waals surface area (Å²) in [5, 5.41) is 0. The van der Waals surface area contributed by atoms with Gasteiger partial charge in [0.1, 0.15) is 22.8 Å². The van der Waals surface area contributed by atoms with E-state index in [2.05, 4.69) is 156 Å². The third-order valence-corrected chi connectivity index (χ3v) is 9.92. The van der Waals surface area contributed by atoms with E-state index in [0.717, 1.165) is 17.2 Å². The third-order valence-electron chi connectivity index (χ3n) is 7.89. The number of rotatable bonds is 10. The van der Waals surface area contributed by atoms with Gasteiger partial charge in [-0.05, 0) is 128 Å². The molecule has 0 unspecified atom stereocenters. The fourth-order valence-corrected chi connectivity index (χ4v) is 6.96. The standard InChI is InChI=1S/C43H40O2S2/c1-42(2,3)45-37-21-17-34(18-22-37)43(4,5)33-15-19-35(20-16-33)44-36-23-29-41(30-24-36)47-40-27-13-32(14-28-40)31-11-25-39(26-12-31)46-38-9-7-6-8-10-38/h6-30H,1-5H3. The Morgan fingerprint density at radius 3 is 1.17 bits per heavy atom. The molecule has 0 amide bonds. The second-order valence-corrected chi connectivity index (χ2v) is 15.3. The molecule has 0 bridgehead atoms. The van der Waals surface area contributed by atoms with E-state index in [9.17, 15) is 0 Å². The van der Waals surface area contributed by atoms with E-state index in [1.807, 2.05) is 30.3 Å². The van der Waals surface area contributed by atoms with Gasteiger partial charge in [-0.15, -0.1) is 0 Å². The number of hydrogen-bond acceptors (Lipinski definition) is 4. The monoisotopic (exact) mass is 652 g/mol. The highest BCUT2D eigenvalue weighted by atomic mass is 32.2. The van der Waals surface area contributed by atoms with Crippen LogP contribution in [0.2, 0.25) is 0 Å². The minimum absolute atomic E-state index is 0.151. The Hall–Kier alpha value is -4.38. The molecule has 4 heteroatoms. The van der Waals surface area contributed by atoms with E-state index in [1.165, 1.54) is 41.8 Å². The summed E-state index contributed by atoms with van der Waals surface area (Å²) in [6.45, 7) is 10.7. The predicted octanol–water partition coefficient (Wildman–Crippen LogP) is 13.0. The summed E-state index contributed by atoms with van der Waals surface area (Å²) in [5.41, 5.74) is 4.54. The van der Waals surface area contributed by atoms with Crippen LogP contribution in [0.15, 0.2) is 171 Å². The molecule has 0 spiro atoms. The fraction of sp³-hybridized carbons (Fsp3) is 0.163. The highest BCUT2D eigenvalue weighted by molar-refractivity contribution is 7.99.